The molecule has 0 spiro atoms. The number of amides is 1. The predicted octanol–water partition coefficient (Wildman–Crippen LogP) is 1.74. The smallest absolute Gasteiger partial charge is 0.251 e. The largest absolute Gasteiger partial charge is 0.349 e. The number of nitrogens with two attached hydrogens (primary N) is 1. The minimum absolute atomic E-state index is 0. The van der Waals surface area contributed by atoms with Gasteiger partial charge in [-0.25, -0.2) is 0 Å². The fraction of sp³-hybridized carbons (Fsp3) is 0.600. The van der Waals surface area contributed by atoms with Gasteiger partial charge >= 0.3 is 0 Å². The third-order valence-corrected chi connectivity index (χ3v) is 4.44. The summed E-state index contributed by atoms with van der Waals surface area (Å²) in [5, 5.41) is 3.16. The van der Waals surface area contributed by atoms with Gasteiger partial charge in [-0.1, -0.05) is 0 Å². The first-order valence-corrected chi connectivity index (χ1v) is 7.46. The van der Waals surface area contributed by atoms with Crippen LogP contribution in [-0.2, 0) is 6.54 Å². The highest BCUT2D eigenvalue weighted by atomic mass is 35.5. The molecule has 0 radical (unpaired) electrons. The second-order valence-corrected chi connectivity index (χ2v) is 5.77. The van der Waals surface area contributed by atoms with Gasteiger partial charge in [0, 0.05) is 36.9 Å². The van der Waals surface area contributed by atoms with Crippen LogP contribution < -0.4 is 11.1 Å². The molecule has 0 saturated carbocycles. The average Bonchev–Trinajstić information content (AvgIpc) is 2.95. The zero-order valence-electron chi connectivity index (χ0n) is 12.5. The van der Waals surface area contributed by atoms with E-state index < -0.39 is 0 Å². The summed E-state index contributed by atoms with van der Waals surface area (Å²) < 4.78 is 0. The lowest BCUT2D eigenvalue weighted by atomic mass is 9.97. The summed E-state index contributed by atoms with van der Waals surface area (Å²) in [5.74, 6) is -0.00135. The number of rotatable bonds is 3. The number of nitrogens with zero attached hydrogens (tertiary/aromatic N) is 2. The molecule has 2 aliphatic rings. The van der Waals surface area contributed by atoms with Crippen molar-refractivity contribution < 1.29 is 4.79 Å². The van der Waals surface area contributed by atoms with Gasteiger partial charge in [-0.05, 0) is 44.4 Å². The van der Waals surface area contributed by atoms with Gasteiger partial charge < -0.3 is 16.0 Å². The van der Waals surface area contributed by atoms with Crippen LogP contribution in [0.15, 0.2) is 18.3 Å². The van der Waals surface area contributed by atoms with Crippen LogP contribution in [0.4, 0.5) is 0 Å². The van der Waals surface area contributed by atoms with Crippen molar-refractivity contribution in [2.24, 2.45) is 5.73 Å². The third-order valence-electron chi connectivity index (χ3n) is 4.44. The number of aromatic nitrogens is 1. The molecule has 1 amide bonds. The number of pyridine rings is 1. The Morgan fingerprint density at radius 2 is 2.18 bits per heavy atom. The molecule has 0 aromatic carbocycles. The Balaban J connectivity index is 0.00000121. The first kappa shape index (κ1) is 19.2. The minimum Gasteiger partial charge on any atom is -0.349 e. The van der Waals surface area contributed by atoms with E-state index in [-0.39, 0.29) is 30.7 Å². The van der Waals surface area contributed by atoms with Crippen molar-refractivity contribution >= 4 is 30.7 Å². The van der Waals surface area contributed by atoms with Gasteiger partial charge in [0.15, 0.2) is 0 Å². The molecule has 124 valence electrons. The standard InChI is InChI=1S/C15H22N4O.2ClH/c16-10-13-8-11(3-5-17-13)15(20)18-12-4-7-19-6-1-2-14(19)9-12;;/h3,5,8,12,14H,1-2,4,6-7,9-10,16H2,(H,18,20);2*1H. The van der Waals surface area contributed by atoms with E-state index in [1.165, 1.54) is 19.4 Å². The van der Waals surface area contributed by atoms with E-state index in [9.17, 15) is 4.79 Å². The van der Waals surface area contributed by atoms with Crippen LogP contribution in [0.25, 0.3) is 0 Å². The lowest BCUT2D eigenvalue weighted by Gasteiger charge is -2.35. The number of carbonyl (C=O) groups is 1. The fourth-order valence-electron chi connectivity index (χ4n) is 3.36. The number of piperidine rings is 1. The average molecular weight is 347 g/mol. The highest BCUT2D eigenvalue weighted by Crippen LogP contribution is 2.26. The van der Waals surface area contributed by atoms with Crippen molar-refractivity contribution in [3.63, 3.8) is 0 Å². The molecule has 0 aliphatic carbocycles. The maximum atomic E-state index is 12.3. The van der Waals surface area contributed by atoms with E-state index in [0.717, 1.165) is 25.1 Å². The Morgan fingerprint density at radius 3 is 2.95 bits per heavy atom. The van der Waals surface area contributed by atoms with Gasteiger partial charge in [0.05, 0.1) is 5.69 Å². The van der Waals surface area contributed by atoms with E-state index in [4.69, 9.17) is 5.73 Å². The molecule has 2 saturated heterocycles. The van der Waals surface area contributed by atoms with Crippen LogP contribution in [0.1, 0.15) is 41.7 Å². The zero-order valence-corrected chi connectivity index (χ0v) is 14.2. The second-order valence-electron chi connectivity index (χ2n) is 5.77. The molecular weight excluding hydrogens is 323 g/mol. The third kappa shape index (κ3) is 4.32. The van der Waals surface area contributed by atoms with Crippen LogP contribution in [0.2, 0.25) is 0 Å². The number of fused-ring (bicyclic) bond motifs is 1. The van der Waals surface area contributed by atoms with Gasteiger partial charge in [0.1, 0.15) is 0 Å². The van der Waals surface area contributed by atoms with Crippen molar-refractivity contribution in [2.75, 3.05) is 13.1 Å². The van der Waals surface area contributed by atoms with Crippen LogP contribution in [0.3, 0.4) is 0 Å². The molecule has 2 aliphatic heterocycles. The summed E-state index contributed by atoms with van der Waals surface area (Å²) in [6.45, 7) is 2.71. The van der Waals surface area contributed by atoms with E-state index in [0.29, 0.717) is 24.2 Å². The summed E-state index contributed by atoms with van der Waals surface area (Å²) in [6, 6.07) is 4.50. The van der Waals surface area contributed by atoms with Crippen molar-refractivity contribution in [1.29, 1.82) is 0 Å². The lowest BCUT2D eigenvalue weighted by molar-refractivity contribution is 0.0896. The Labute approximate surface area is 143 Å². The van der Waals surface area contributed by atoms with Crippen LogP contribution in [0, 0.1) is 0 Å². The Morgan fingerprint density at radius 1 is 1.36 bits per heavy atom. The van der Waals surface area contributed by atoms with E-state index in [1.807, 2.05) is 0 Å². The predicted molar refractivity (Wildman–Crippen MR) is 91.7 cm³/mol. The number of hydrogen-bond acceptors (Lipinski definition) is 4. The molecule has 5 nitrogen and oxygen atoms in total. The van der Waals surface area contributed by atoms with Crippen molar-refractivity contribution in [1.82, 2.24) is 15.2 Å². The Bertz CT molecular complexity index is 500. The van der Waals surface area contributed by atoms with Gasteiger partial charge in [0.2, 0.25) is 0 Å². The normalized spacial score (nSPS) is 23.9. The minimum atomic E-state index is -0.00135. The quantitative estimate of drug-likeness (QED) is 0.874. The molecule has 3 N–H and O–H groups in total. The monoisotopic (exact) mass is 346 g/mol. The van der Waals surface area contributed by atoms with Gasteiger partial charge in [-0.2, -0.15) is 0 Å². The Hall–Kier alpha value is -0.880. The van der Waals surface area contributed by atoms with Crippen molar-refractivity contribution in [3.8, 4) is 0 Å². The molecule has 3 heterocycles. The molecule has 7 heteroatoms. The van der Waals surface area contributed by atoms with Gasteiger partial charge in [-0.15, -0.1) is 24.8 Å². The second kappa shape index (κ2) is 8.67. The summed E-state index contributed by atoms with van der Waals surface area (Å²) >= 11 is 0. The maximum Gasteiger partial charge on any atom is 0.251 e. The molecule has 2 atom stereocenters. The number of nitrogens with one attached hydrogen (secondary N) is 1. The molecule has 1 aromatic rings. The van der Waals surface area contributed by atoms with Crippen molar-refractivity contribution in [2.45, 2.75) is 44.3 Å². The first-order chi connectivity index (χ1) is 9.76. The van der Waals surface area contributed by atoms with E-state index >= 15 is 0 Å². The van der Waals surface area contributed by atoms with Crippen LogP contribution in [-0.4, -0.2) is 41.0 Å². The van der Waals surface area contributed by atoms with Crippen LogP contribution in [0.5, 0.6) is 0 Å². The Kier molecular flexibility index (Phi) is 7.56. The number of halogens is 2. The van der Waals surface area contributed by atoms with E-state index in [1.54, 1.807) is 18.3 Å². The summed E-state index contributed by atoms with van der Waals surface area (Å²) in [5.41, 5.74) is 6.98. The molecule has 3 rings (SSSR count). The van der Waals surface area contributed by atoms with Crippen LogP contribution >= 0.6 is 24.8 Å². The molecular formula is C15H24Cl2N4O. The lowest BCUT2D eigenvalue weighted by Crippen LogP contribution is -2.47. The SMILES string of the molecule is Cl.Cl.NCc1cc(C(=O)NC2CCN3CCCC3C2)ccn1. The summed E-state index contributed by atoms with van der Waals surface area (Å²) in [4.78, 5) is 19.0. The maximum absolute atomic E-state index is 12.3. The summed E-state index contributed by atoms with van der Waals surface area (Å²) in [6.07, 6.45) is 6.36. The molecule has 1 aromatic heterocycles. The highest BCUT2D eigenvalue weighted by molar-refractivity contribution is 5.94. The highest BCUT2D eigenvalue weighted by Gasteiger charge is 2.32. The number of hydrogen-bond donors (Lipinski definition) is 2. The topological polar surface area (TPSA) is 71.2 Å². The van der Waals surface area contributed by atoms with E-state index in [2.05, 4.69) is 15.2 Å². The van der Waals surface area contributed by atoms with Gasteiger partial charge in [0.25, 0.3) is 5.91 Å². The fourth-order valence-corrected chi connectivity index (χ4v) is 3.36. The molecule has 2 unspecified atom stereocenters. The molecule has 2 fully saturated rings. The van der Waals surface area contributed by atoms with Gasteiger partial charge in [-0.3, -0.25) is 9.78 Å². The van der Waals surface area contributed by atoms with Crippen molar-refractivity contribution in [3.05, 3.63) is 29.6 Å². The zero-order chi connectivity index (χ0) is 13.9. The summed E-state index contributed by atoms with van der Waals surface area (Å²) in [7, 11) is 0. The number of carbonyl (C=O) groups excluding carboxylic acids is 1. The molecule has 22 heavy (non-hydrogen) atoms. The molecule has 0 bridgehead atoms. The first-order valence-electron chi connectivity index (χ1n) is 7.46.